The molecule has 1 atom stereocenters. The second kappa shape index (κ2) is 7.97. The highest BCUT2D eigenvalue weighted by molar-refractivity contribution is 14.1. The molecule has 2 aromatic rings. The number of nitrogens with one attached hydrogen (secondary N) is 1. The molecule has 3 rings (SSSR count). The van der Waals surface area contributed by atoms with Crippen molar-refractivity contribution in [2.24, 2.45) is 4.99 Å². The van der Waals surface area contributed by atoms with Crippen LogP contribution in [0, 0.1) is 3.57 Å². The van der Waals surface area contributed by atoms with E-state index in [1.165, 1.54) is 11.3 Å². The third kappa shape index (κ3) is 3.96. The molecule has 1 aliphatic heterocycles. The van der Waals surface area contributed by atoms with Gasteiger partial charge >= 0.3 is 0 Å². The van der Waals surface area contributed by atoms with Gasteiger partial charge < -0.3 is 5.32 Å². The first-order valence-corrected chi connectivity index (χ1v) is 10.3. The Morgan fingerprint density at radius 2 is 2.24 bits per heavy atom. The largest absolute Gasteiger partial charge is 0.341 e. The minimum atomic E-state index is -0.413. The number of carbonyl (C=O) groups excluding carboxylic acids is 1. The summed E-state index contributed by atoms with van der Waals surface area (Å²) in [5.41, 5.74) is 2.35. The lowest BCUT2D eigenvalue weighted by Gasteiger charge is -2.26. The average molecular weight is 486 g/mol. The topological polar surface area (TPSA) is 54.4 Å². The Bertz CT molecular complexity index is 861. The second-order valence-corrected chi connectivity index (χ2v) is 8.27. The standard InChI is InChI=1S/C18H17ClIN3OS/c1-3-4-14(24)15-10(2)22-17(18-21-7-8-25-18)23-16(15)12-6-5-11(20)9-13(12)19/h5-9,16H,3-4H2,1-2H3,(H,22,23). The maximum atomic E-state index is 12.7. The first kappa shape index (κ1) is 18.5. The molecule has 0 saturated heterocycles. The van der Waals surface area contributed by atoms with Gasteiger partial charge in [-0.15, -0.1) is 11.3 Å². The fraction of sp³-hybridized carbons (Fsp3) is 0.278. The molecule has 0 spiro atoms. The van der Waals surface area contributed by atoms with Crippen LogP contribution in [0.2, 0.25) is 5.02 Å². The summed E-state index contributed by atoms with van der Waals surface area (Å²) in [6.07, 6.45) is 3.04. The normalized spacial score (nSPS) is 17.3. The number of nitrogens with zero attached hydrogens (tertiary/aromatic N) is 2. The molecule has 0 bridgehead atoms. The summed E-state index contributed by atoms with van der Waals surface area (Å²) in [7, 11) is 0. The van der Waals surface area contributed by atoms with Crippen molar-refractivity contribution >= 4 is 57.1 Å². The average Bonchev–Trinajstić information content (AvgIpc) is 3.08. The molecule has 0 radical (unpaired) electrons. The van der Waals surface area contributed by atoms with Crippen LogP contribution in [0.15, 0.2) is 46.0 Å². The number of aromatic nitrogens is 1. The van der Waals surface area contributed by atoms with Gasteiger partial charge in [0.1, 0.15) is 6.04 Å². The predicted molar refractivity (Wildman–Crippen MR) is 111 cm³/mol. The van der Waals surface area contributed by atoms with Gasteiger partial charge in [-0.05, 0) is 53.6 Å². The number of ketones is 1. The van der Waals surface area contributed by atoms with Crippen LogP contribution in [0.25, 0.3) is 0 Å². The molecular formula is C18H17ClIN3OS. The van der Waals surface area contributed by atoms with Crippen molar-refractivity contribution < 1.29 is 4.79 Å². The number of hydrogen-bond acceptors (Lipinski definition) is 5. The fourth-order valence-electron chi connectivity index (χ4n) is 2.80. The van der Waals surface area contributed by atoms with Crippen molar-refractivity contribution in [2.45, 2.75) is 32.7 Å². The van der Waals surface area contributed by atoms with Crippen molar-refractivity contribution in [2.75, 3.05) is 0 Å². The number of aliphatic imine (C=N–C) groups is 1. The van der Waals surface area contributed by atoms with Gasteiger partial charge in [-0.1, -0.05) is 24.6 Å². The minimum Gasteiger partial charge on any atom is -0.341 e. The zero-order valence-corrected chi connectivity index (χ0v) is 17.6. The van der Waals surface area contributed by atoms with Crippen LogP contribution in [0.1, 0.15) is 43.3 Å². The Morgan fingerprint density at radius 1 is 1.44 bits per heavy atom. The van der Waals surface area contributed by atoms with E-state index < -0.39 is 6.04 Å². The third-order valence-electron chi connectivity index (χ3n) is 3.91. The van der Waals surface area contributed by atoms with Crippen LogP contribution in [-0.2, 0) is 4.79 Å². The van der Waals surface area contributed by atoms with Crippen molar-refractivity contribution in [3.63, 3.8) is 0 Å². The van der Waals surface area contributed by atoms with Crippen LogP contribution < -0.4 is 5.32 Å². The van der Waals surface area contributed by atoms with Gasteiger partial charge in [0, 0.05) is 37.9 Å². The lowest BCUT2D eigenvalue weighted by Crippen LogP contribution is -2.32. The zero-order valence-electron chi connectivity index (χ0n) is 13.8. The summed E-state index contributed by atoms with van der Waals surface area (Å²) < 4.78 is 1.05. The Labute approximate surface area is 169 Å². The fourth-order valence-corrected chi connectivity index (χ4v) is 4.34. The van der Waals surface area contributed by atoms with Gasteiger partial charge in [-0.3, -0.25) is 9.79 Å². The van der Waals surface area contributed by atoms with E-state index in [4.69, 9.17) is 16.6 Å². The number of hydrogen-bond donors (Lipinski definition) is 1. The summed E-state index contributed by atoms with van der Waals surface area (Å²) in [5.74, 6) is 0.786. The van der Waals surface area contributed by atoms with Crippen molar-refractivity contribution in [3.05, 3.63) is 60.2 Å². The number of amidine groups is 1. The second-order valence-electron chi connectivity index (χ2n) is 5.72. The van der Waals surface area contributed by atoms with Gasteiger partial charge in [0.15, 0.2) is 16.6 Å². The third-order valence-corrected chi connectivity index (χ3v) is 5.69. The van der Waals surface area contributed by atoms with Crippen molar-refractivity contribution in [3.8, 4) is 0 Å². The van der Waals surface area contributed by atoms with Crippen LogP contribution in [-0.4, -0.2) is 16.6 Å². The molecule has 0 amide bonds. The molecule has 0 fully saturated rings. The lowest BCUT2D eigenvalue weighted by atomic mass is 9.91. The van der Waals surface area contributed by atoms with Crippen LogP contribution in [0.3, 0.4) is 0 Å². The summed E-state index contributed by atoms with van der Waals surface area (Å²) in [6, 6.07) is 5.42. The van der Waals surface area contributed by atoms with E-state index in [-0.39, 0.29) is 5.78 Å². The minimum absolute atomic E-state index is 0.106. The Balaban J connectivity index is 2.11. The number of allylic oxidation sites excluding steroid dienone is 1. The number of carbonyl (C=O) groups is 1. The molecule has 4 nitrogen and oxygen atoms in total. The zero-order chi connectivity index (χ0) is 18.0. The maximum absolute atomic E-state index is 12.7. The Morgan fingerprint density at radius 3 is 2.88 bits per heavy atom. The molecular weight excluding hydrogens is 469 g/mol. The molecule has 1 N–H and O–H groups in total. The SMILES string of the molecule is CCCC(=O)C1=C(C)NC(c2nccs2)=NC1c1ccc(I)cc1Cl. The molecule has 1 aromatic heterocycles. The number of halogens is 2. The van der Waals surface area contributed by atoms with E-state index >= 15 is 0 Å². The molecule has 25 heavy (non-hydrogen) atoms. The monoisotopic (exact) mass is 485 g/mol. The number of rotatable bonds is 5. The number of benzene rings is 1. The summed E-state index contributed by atoms with van der Waals surface area (Å²) in [5, 5.41) is 6.58. The van der Waals surface area contributed by atoms with Crippen molar-refractivity contribution in [1.29, 1.82) is 0 Å². The molecule has 2 heterocycles. The molecule has 1 aromatic carbocycles. The lowest BCUT2D eigenvalue weighted by molar-refractivity contribution is -0.116. The van der Waals surface area contributed by atoms with Gasteiger partial charge in [-0.25, -0.2) is 4.98 Å². The highest BCUT2D eigenvalue weighted by Crippen LogP contribution is 2.37. The highest BCUT2D eigenvalue weighted by atomic mass is 127. The Kier molecular flexibility index (Phi) is 5.91. The van der Waals surface area contributed by atoms with Crippen LogP contribution in [0.5, 0.6) is 0 Å². The van der Waals surface area contributed by atoms with E-state index in [1.54, 1.807) is 6.20 Å². The van der Waals surface area contributed by atoms with E-state index in [9.17, 15) is 4.79 Å². The Hall–Kier alpha value is -1.25. The first-order chi connectivity index (χ1) is 12.0. The summed E-state index contributed by atoms with van der Waals surface area (Å²) in [4.78, 5) is 21.9. The van der Waals surface area contributed by atoms with E-state index in [2.05, 4.69) is 32.9 Å². The molecule has 1 unspecified atom stereocenters. The summed E-state index contributed by atoms with van der Waals surface area (Å²) in [6.45, 7) is 3.92. The van der Waals surface area contributed by atoms with E-state index in [0.717, 1.165) is 26.3 Å². The van der Waals surface area contributed by atoms with Crippen LogP contribution in [0.4, 0.5) is 0 Å². The summed E-state index contributed by atoms with van der Waals surface area (Å²) >= 11 is 10.2. The quantitative estimate of drug-likeness (QED) is 0.597. The smallest absolute Gasteiger partial charge is 0.163 e. The van der Waals surface area contributed by atoms with Crippen LogP contribution >= 0.6 is 45.5 Å². The highest BCUT2D eigenvalue weighted by Gasteiger charge is 2.30. The first-order valence-electron chi connectivity index (χ1n) is 7.94. The van der Waals surface area contributed by atoms with Gasteiger partial charge in [-0.2, -0.15) is 0 Å². The van der Waals surface area contributed by atoms with Gasteiger partial charge in [0.2, 0.25) is 0 Å². The molecule has 7 heteroatoms. The van der Waals surface area contributed by atoms with Crippen molar-refractivity contribution in [1.82, 2.24) is 10.3 Å². The van der Waals surface area contributed by atoms with E-state index in [1.807, 2.05) is 37.4 Å². The number of thiazole rings is 1. The van der Waals surface area contributed by atoms with Gasteiger partial charge in [0.25, 0.3) is 0 Å². The maximum Gasteiger partial charge on any atom is 0.163 e. The molecule has 0 saturated carbocycles. The molecule has 0 aliphatic carbocycles. The van der Waals surface area contributed by atoms with Gasteiger partial charge in [0.05, 0.1) is 0 Å². The predicted octanol–water partition coefficient (Wildman–Crippen LogP) is 5.14. The molecule has 130 valence electrons. The number of Topliss-reactive ketones (excluding diaryl/α,β-unsaturated/α-hetero) is 1. The molecule has 1 aliphatic rings. The van der Waals surface area contributed by atoms with E-state index in [0.29, 0.717) is 22.9 Å².